The Morgan fingerprint density at radius 3 is 1.42 bits per heavy atom. The number of nitrogens with zero attached hydrogens (tertiary/aromatic N) is 3. The van der Waals surface area contributed by atoms with Crippen molar-refractivity contribution in [2.24, 2.45) is 0 Å². The molecule has 1 aliphatic rings. The van der Waals surface area contributed by atoms with E-state index in [1.165, 1.54) is 33.0 Å². The third-order valence-corrected chi connectivity index (χ3v) is 9.29. The van der Waals surface area contributed by atoms with E-state index in [2.05, 4.69) is 115 Å². The Kier molecular flexibility index (Phi) is 6.52. The van der Waals surface area contributed by atoms with Crippen LogP contribution in [0.15, 0.2) is 164 Å². The molecule has 0 spiro atoms. The van der Waals surface area contributed by atoms with Crippen LogP contribution >= 0.6 is 0 Å². The van der Waals surface area contributed by atoms with Crippen molar-refractivity contribution in [3.63, 3.8) is 0 Å². The fraction of sp³-hybridized carbons (Fsp3) is 0. The van der Waals surface area contributed by atoms with Gasteiger partial charge in [0, 0.05) is 16.7 Å². The first kappa shape index (κ1) is 27.7. The van der Waals surface area contributed by atoms with Crippen molar-refractivity contribution < 1.29 is 0 Å². The molecule has 0 bridgehead atoms. The molecule has 0 fully saturated rings. The van der Waals surface area contributed by atoms with Gasteiger partial charge >= 0.3 is 0 Å². The quantitative estimate of drug-likeness (QED) is 0.195. The molecule has 1 aromatic heterocycles. The molecule has 3 heteroatoms. The SMILES string of the molecule is N#Cc1cccc(-c2ccc3c4c(ccc(-c5ccc(-c6nc(-c7ccccc7)cc(-c7ccccc7)n6)cc5)c24)-c2ccccc2-3)c1. The molecule has 48 heavy (non-hydrogen) atoms. The Balaban J connectivity index is 1.21. The van der Waals surface area contributed by atoms with Gasteiger partial charge in [-0.3, -0.25) is 0 Å². The molecule has 0 atom stereocenters. The molecule has 0 aliphatic heterocycles. The van der Waals surface area contributed by atoms with E-state index >= 15 is 0 Å². The maximum absolute atomic E-state index is 9.69. The first-order valence-corrected chi connectivity index (χ1v) is 16.1. The third kappa shape index (κ3) is 4.59. The Bertz CT molecular complexity index is 2460. The van der Waals surface area contributed by atoms with Crippen molar-refractivity contribution in [3.8, 4) is 84.5 Å². The smallest absolute Gasteiger partial charge is 0.160 e. The summed E-state index contributed by atoms with van der Waals surface area (Å²) in [4.78, 5) is 10.1. The lowest BCUT2D eigenvalue weighted by molar-refractivity contribution is 1.18. The molecule has 0 amide bonds. The molecule has 9 rings (SSSR count). The second-order valence-corrected chi connectivity index (χ2v) is 12.1. The highest BCUT2D eigenvalue weighted by Crippen LogP contribution is 2.51. The van der Waals surface area contributed by atoms with Crippen LogP contribution in [0.5, 0.6) is 0 Å². The minimum atomic E-state index is 0.651. The average Bonchev–Trinajstić information content (AvgIpc) is 3.50. The topological polar surface area (TPSA) is 49.6 Å². The van der Waals surface area contributed by atoms with Crippen molar-refractivity contribution in [3.05, 3.63) is 169 Å². The molecule has 3 nitrogen and oxygen atoms in total. The molecule has 0 radical (unpaired) electrons. The van der Waals surface area contributed by atoms with Gasteiger partial charge in [0.15, 0.2) is 5.82 Å². The van der Waals surface area contributed by atoms with Crippen LogP contribution in [-0.2, 0) is 0 Å². The fourth-order valence-electron chi connectivity index (χ4n) is 7.02. The van der Waals surface area contributed by atoms with Crippen molar-refractivity contribution in [1.82, 2.24) is 9.97 Å². The van der Waals surface area contributed by atoms with E-state index in [0.717, 1.165) is 50.3 Å². The molecule has 0 saturated carbocycles. The summed E-state index contributed by atoms with van der Waals surface area (Å²) in [6.07, 6.45) is 0. The number of nitriles is 1. The third-order valence-electron chi connectivity index (χ3n) is 9.29. The van der Waals surface area contributed by atoms with E-state index in [-0.39, 0.29) is 0 Å². The van der Waals surface area contributed by atoms with Gasteiger partial charge in [0.05, 0.1) is 23.0 Å². The molecular weight excluding hydrogens is 583 g/mol. The monoisotopic (exact) mass is 609 g/mol. The second kappa shape index (κ2) is 11.3. The van der Waals surface area contributed by atoms with Gasteiger partial charge in [0.1, 0.15) is 0 Å². The van der Waals surface area contributed by atoms with Crippen LogP contribution in [0.4, 0.5) is 0 Å². The normalized spacial score (nSPS) is 11.3. The van der Waals surface area contributed by atoms with Crippen LogP contribution in [0.1, 0.15) is 5.56 Å². The number of benzene rings is 7. The van der Waals surface area contributed by atoms with Gasteiger partial charge in [-0.05, 0) is 73.5 Å². The van der Waals surface area contributed by atoms with Crippen LogP contribution in [0, 0.1) is 11.3 Å². The summed E-state index contributed by atoms with van der Waals surface area (Å²) in [5.41, 5.74) is 14.9. The highest BCUT2D eigenvalue weighted by molar-refractivity contribution is 6.22. The van der Waals surface area contributed by atoms with Crippen LogP contribution in [0.3, 0.4) is 0 Å². The van der Waals surface area contributed by atoms with Gasteiger partial charge in [-0.2, -0.15) is 5.26 Å². The van der Waals surface area contributed by atoms with Crippen molar-refractivity contribution in [2.45, 2.75) is 0 Å². The highest BCUT2D eigenvalue weighted by atomic mass is 14.9. The number of hydrogen-bond acceptors (Lipinski definition) is 3. The lowest BCUT2D eigenvalue weighted by Gasteiger charge is -2.15. The summed E-state index contributed by atoms with van der Waals surface area (Å²) in [6, 6.07) is 59.0. The van der Waals surface area contributed by atoms with Gasteiger partial charge in [-0.25, -0.2) is 9.97 Å². The van der Waals surface area contributed by atoms with E-state index in [0.29, 0.717) is 11.4 Å². The first-order valence-electron chi connectivity index (χ1n) is 16.1. The zero-order valence-electron chi connectivity index (χ0n) is 25.9. The largest absolute Gasteiger partial charge is 0.228 e. The van der Waals surface area contributed by atoms with Gasteiger partial charge < -0.3 is 0 Å². The zero-order valence-corrected chi connectivity index (χ0v) is 25.9. The van der Waals surface area contributed by atoms with Gasteiger partial charge in [-0.1, -0.05) is 146 Å². The summed E-state index contributed by atoms with van der Waals surface area (Å²) in [6.45, 7) is 0. The van der Waals surface area contributed by atoms with Gasteiger partial charge in [0.25, 0.3) is 0 Å². The maximum atomic E-state index is 9.69. The van der Waals surface area contributed by atoms with E-state index in [9.17, 15) is 5.26 Å². The zero-order chi connectivity index (χ0) is 32.0. The summed E-state index contributed by atoms with van der Waals surface area (Å²) < 4.78 is 0. The molecule has 1 heterocycles. The molecule has 1 aliphatic carbocycles. The Morgan fingerprint density at radius 1 is 0.354 bits per heavy atom. The predicted octanol–water partition coefficient (Wildman–Crippen LogP) is 11.5. The van der Waals surface area contributed by atoms with Crippen molar-refractivity contribution in [1.29, 1.82) is 5.26 Å². The summed E-state index contributed by atoms with van der Waals surface area (Å²) in [5.74, 6) is 0.687. The van der Waals surface area contributed by atoms with Crippen molar-refractivity contribution >= 4 is 10.8 Å². The maximum Gasteiger partial charge on any atom is 0.160 e. The van der Waals surface area contributed by atoms with E-state index < -0.39 is 0 Å². The standard InChI is InChI=1S/C45H27N3/c46-28-29-10-9-15-34(26-29)36-23-25-40-38-17-8-7-16-37(38)39-24-22-35(43(36)44(39)40)30-18-20-33(21-19-30)45-47-41(31-11-3-1-4-12-31)27-42(48-45)32-13-5-2-6-14-32/h1-27H. The minimum absolute atomic E-state index is 0.651. The van der Waals surface area contributed by atoms with E-state index in [1.807, 2.05) is 54.6 Å². The molecule has 0 unspecified atom stereocenters. The average molecular weight is 610 g/mol. The van der Waals surface area contributed by atoms with Crippen molar-refractivity contribution in [2.75, 3.05) is 0 Å². The lowest BCUT2D eigenvalue weighted by atomic mass is 9.88. The van der Waals surface area contributed by atoms with Crippen LogP contribution in [0.25, 0.3) is 89.2 Å². The first-order chi connectivity index (χ1) is 23.7. The second-order valence-electron chi connectivity index (χ2n) is 12.1. The summed E-state index contributed by atoms with van der Waals surface area (Å²) >= 11 is 0. The molecule has 222 valence electrons. The summed E-state index contributed by atoms with van der Waals surface area (Å²) in [5, 5.41) is 12.1. The molecule has 8 aromatic rings. The molecular formula is C45H27N3. The Morgan fingerprint density at radius 2 is 0.833 bits per heavy atom. The number of aromatic nitrogens is 2. The molecule has 0 N–H and O–H groups in total. The predicted molar refractivity (Wildman–Crippen MR) is 196 cm³/mol. The lowest BCUT2D eigenvalue weighted by Crippen LogP contribution is -1.96. The van der Waals surface area contributed by atoms with Crippen LogP contribution < -0.4 is 0 Å². The Labute approximate surface area is 279 Å². The van der Waals surface area contributed by atoms with E-state index in [1.54, 1.807) is 0 Å². The van der Waals surface area contributed by atoms with Gasteiger partial charge in [0.2, 0.25) is 0 Å². The minimum Gasteiger partial charge on any atom is -0.228 e. The molecule has 0 saturated heterocycles. The van der Waals surface area contributed by atoms with Crippen LogP contribution in [-0.4, -0.2) is 9.97 Å². The number of hydrogen-bond donors (Lipinski definition) is 0. The fourth-order valence-corrected chi connectivity index (χ4v) is 7.02. The molecule has 7 aromatic carbocycles. The van der Waals surface area contributed by atoms with Crippen LogP contribution in [0.2, 0.25) is 0 Å². The Hall–Kier alpha value is -6.63. The number of rotatable bonds is 5. The van der Waals surface area contributed by atoms with E-state index in [4.69, 9.17) is 9.97 Å². The highest BCUT2D eigenvalue weighted by Gasteiger charge is 2.25. The summed E-state index contributed by atoms with van der Waals surface area (Å²) in [7, 11) is 0. The number of fused-ring (bicyclic) bond motifs is 3. The van der Waals surface area contributed by atoms with Gasteiger partial charge in [-0.15, -0.1) is 0 Å².